The van der Waals surface area contributed by atoms with Crippen LogP contribution in [0.1, 0.15) is 0 Å². The van der Waals surface area contributed by atoms with Crippen LogP contribution in [-0.4, -0.2) is 9.97 Å². The molecule has 0 unspecified atom stereocenters. The van der Waals surface area contributed by atoms with Crippen molar-refractivity contribution in [3.63, 3.8) is 0 Å². The highest BCUT2D eigenvalue weighted by Gasteiger charge is 2.01. The van der Waals surface area contributed by atoms with Gasteiger partial charge in [-0.1, -0.05) is 11.6 Å². The van der Waals surface area contributed by atoms with E-state index in [9.17, 15) is 0 Å². The summed E-state index contributed by atoms with van der Waals surface area (Å²) >= 11 is 5.93. The Morgan fingerprint density at radius 1 is 1.00 bits per heavy atom. The lowest BCUT2D eigenvalue weighted by Gasteiger charge is -2.01. The Bertz CT molecular complexity index is 401. The van der Waals surface area contributed by atoms with E-state index in [1.54, 1.807) is 18.6 Å². The number of hydrogen-bond acceptors (Lipinski definition) is 2. The molecule has 2 nitrogen and oxygen atoms in total. The van der Waals surface area contributed by atoms with Crippen molar-refractivity contribution in [2.75, 3.05) is 0 Å². The van der Waals surface area contributed by atoms with Gasteiger partial charge in [0.1, 0.15) is 5.15 Å². The summed E-state index contributed by atoms with van der Waals surface area (Å²) in [5.74, 6) is 0. The van der Waals surface area contributed by atoms with Gasteiger partial charge in [0.2, 0.25) is 0 Å². The van der Waals surface area contributed by atoms with E-state index in [2.05, 4.69) is 9.97 Å². The van der Waals surface area contributed by atoms with Crippen LogP contribution in [0.3, 0.4) is 0 Å². The lowest BCUT2D eigenvalue weighted by molar-refractivity contribution is 1.30. The van der Waals surface area contributed by atoms with Crippen molar-refractivity contribution in [2.45, 2.75) is 0 Å². The fourth-order valence-electron chi connectivity index (χ4n) is 1.13. The van der Waals surface area contributed by atoms with Crippen molar-refractivity contribution in [3.8, 4) is 11.1 Å². The normalized spacial score (nSPS) is 9.92. The molecule has 0 spiro atoms. The minimum Gasteiger partial charge on any atom is -0.265 e. The smallest absolute Gasteiger partial charge is 0.136 e. The first-order chi connectivity index (χ1) is 6.38. The molecule has 64 valence electrons. The van der Waals surface area contributed by atoms with Crippen LogP contribution in [0, 0.1) is 0 Å². The summed E-state index contributed by atoms with van der Waals surface area (Å²) in [4.78, 5) is 7.94. The topological polar surface area (TPSA) is 25.8 Å². The van der Waals surface area contributed by atoms with Crippen molar-refractivity contribution in [1.82, 2.24) is 9.97 Å². The van der Waals surface area contributed by atoms with E-state index in [1.807, 2.05) is 24.3 Å². The molecule has 0 fully saturated rings. The molecule has 2 aromatic heterocycles. The zero-order valence-corrected chi connectivity index (χ0v) is 7.57. The second-order valence-electron chi connectivity index (χ2n) is 2.58. The molecule has 0 saturated carbocycles. The molecule has 3 heteroatoms. The van der Waals surface area contributed by atoms with Gasteiger partial charge in [0.25, 0.3) is 0 Å². The molecule has 0 atom stereocenters. The largest absolute Gasteiger partial charge is 0.265 e. The maximum atomic E-state index is 5.93. The highest BCUT2D eigenvalue weighted by molar-refractivity contribution is 6.32. The number of rotatable bonds is 1. The van der Waals surface area contributed by atoms with Gasteiger partial charge in [-0.3, -0.25) is 4.98 Å². The fourth-order valence-corrected chi connectivity index (χ4v) is 1.36. The van der Waals surface area contributed by atoms with Gasteiger partial charge in [-0.05, 0) is 29.8 Å². The van der Waals surface area contributed by atoms with Crippen LogP contribution < -0.4 is 0 Å². The summed E-state index contributed by atoms with van der Waals surface area (Å²) < 4.78 is 0. The molecule has 0 aliphatic rings. The molecule has 0 aliphatic heterocycles. The molecule has 0 aromatic carbocycles. The van der Waals surface area contributed by atoms with E-state index < -0.39 is 0 Å². The van der Waals surface area contributed by atoms with Crippen LogP contribution in [0.4, 0.5) is 0 Å². The number of halogens is 1. The highest BCUT2D eigenvalue weighted by atomic mass is 35.5. The Kier molecular flexibility index (Phi) is 2.23. The first-order valence-corrected chi connectivity index (χ1v) is 4.26. The highest BCUT2D eigenvalue weighted by Crippen LogP contribution is 2.24. The van der Waals surface area contributed by atoms with E-state index in [1.165, 1.54) is 0 Å². The molecule has 0 bridgehead atoms. The first-order valence-electron chi connectivity index (χ1n) is 3.89. The summed E-state index contributed by atoms with van der Waals surface area (Å²) in [6.45, 7) is 0. The Hall–Kier alpha value is -1.41. The molecule has 0 amide bonds. The van der Waals surface area contributed by atoms with Crippen molar-refractivity contribution < 1.29 is 0 Å². The van der Waals surface area contributed by atoms with Gasteiger partial charge in [0, 0.05) is 24.2 Å². The Balaban J connectivity index is 2.54. The zero-order valence-electron chi connectivity index (χ0n) is 6.81. The standard InChI is InChI=1S/C10H7ClN2/c11-10-9(2-1-5-13-10)8-3-6-12-7-4-8/h1-7H. The number of nitrogens with zero attached hydrogens (tertiary/aromatic N) is 2. The van der Waals surface area contributed by atoms with Crippen molar-refractivity contribution in [1.29, 1.82) is 0 Å². The summed E-state index contributed by atoms with van der Waals surface area (Å²) in [6.07, 6.45) is 5.14. The van der Waals surface area contributed by atoms with Gasteiger partial charge in [0.15, 0.2) is 0 Å². The van der Waals surface area contributed by atoms with Crippen LogP contribution in [0.5, 0.6) is 0 Å². The van der Waals surface area contributed by atoms with Crippen LogP contribution in [0.15, 0.2) is 42.9 Å². The quantitative estimate of drug-likeness (QED) is 0.647. The van der Waals surface area contributed by atoms with E-state index in [0.29, 0.717) is 5.15 Å². The Morgan fingerprint density at radius 2 is 1.77 bits per heavy atom. The van der Waals surface area contributed by atoms with Gasteiger partial charge in [-0.25, -0.2) is 4.98 Å². The zero-order chi connectivity index (χ0) is 9.10. The van der Waals surface area contributed by atoms with Crippen LogP contribution >= 0.6 is 11.6 Å². The van der Waals surface area contributed by atoms with Gasteiger partial charge >= 0.3 is 0 Å². The monoisotopic (exact) mass is 190 g/mol. The van der Waals surface area contributed by atoms with Crippen LogP contribution in [0.25, 0.3) is 11.1 Å². The maximum absolute atomic E-state index is 5.93. The van der Waals surface area contributed by atoms with Crippen LogP contribution in [0.2, 0.25) is 5.15 Å². The van der Waals surface area contributed by atoms with Gasteiger partial charge in [0.05, 0.1) is 0 Å². The fraction of sp³-hybridized carbons (Fsp3) is 0. The first kappa shape index (κ1) is 8.20. The summed E-state index contributed by atoms with van der Waals surface area (Å²) in [5.41, 5.74) is 1.97. The third-order valence-electron chi connectivity index (χ3n) is 1.75. The second kappa shape index (κ2) is 3.54. The van der Waals surface area contributed by atoms with Crippen molar-refractivity contribution in [2.24, 2.45) is 0 Å². The molecular weight excluding hydrogens is 184 g/mol. The minimum absolute atomic E-state index is 0.522. The van der Waals surface area contributed by atoms with Gasteiger partial charge in [-0.2, -0.15) is 0 Å². The minimum atomic E-state index is 0.522. The Morgan fingerprint density at radius 3 is 2.46 bits per heavy atom. The molecular formula is C10H7ClN2. The molecule has 0 radical (unpaired) electrons. The number of aromatic nitrogens is 2. The molecule has 13 heavy (non-hydrogen) atoms. The van der Waals surface area contributed by atoms with Crippen molar-refractivity contribution in [3.05, 3.63) is 48.0 Å². The summed E-state index contributed by atoms with van der Waals surface area (Å²) in [5, 5.41) is 0.522. The average Bonchev–Trinajstić information content (AvgIpc) is 2.20. The molecule has 0 N–H and O–H groups in total. The predicted octanol–water partition coefficient (Wildman–Crippen LogP) is 2.80. The number of pyridine rings is 2. The average molecular weight is 191 g/mol. The maximum Gasteiger partial charge on any atom is 0.136 e. The summed E-state index contributed by atoms with van der Waals surface area (Å²) in [6, 6.07) is 7.61. The molecule has 2 aromatic rings. The molecule has 2 rings (SSSR count). The van der Waals surface area contributed by atoms with Crippen LogP contribution in [-0.2, 0) is 0 Å². The number of hydrogen-bond donors (Lipinski definition) is 0. The summed E-state index contributed by atoms with van der Waals surface area (Å²) in [7, 11) is 0. The SMILES string of the molecule is Clc1ncccc1-c1ccncc1. The third kappa shape index (κ3) is 1.68. The van der Waals surface area contributed by atoms with E-state index in [0.717, 1.165) is 11.1 Å². The molecule has 0 saturated heterocycles. The van der Waals surface area contributed by atoms with Gasteiger partial charge < -0.3 is 0 Å². The van der Waals surface area contributed by atoms with Gasteiger partial charge in [-0.15, -0.1) is 0 Å². The van der Waals surface area contributed by atoms with Crippen molar-refractivity contribution >= 4 is 11.6 Å². The predicted molar refractivity (Wildman–Crippen MR) is 52.5 cm³/mol. The lowest BCUT2D eigenvalue weighted by atomic mass is 10.1. The third-order valence-corrected chi connectivity index (χ3v) is 2.05. The second-order valence-corrected chi connectivity index (χ2v) is 2.94. The Labute approximate surface area is 81.2 Å². The van der Waals surface area contributed by atoms with E-state index >= 15 is 0 Å². The van der Waals surface area contributed by atoms with E-state index in [4.69, 9.17) is 11.6 Å². The lowest BCUT2D eigenvalue weighted by Crippen LogP contribution is -1.82. The van der Waals surface area contributed by atoms with E-state index in [-0.39, 0.29) is 0 Å². The molecule has 2 heterocycles. The molecule has 0 aliphatic carbocycles.